The molecule has 1 aliphatic rings. The molecule has 2 heterocycles. The largest absolute Gasteiger partial charge is 0.507 e. The number of aliphatic hydroxyl groups is 1. The zero-order chi connectivity index (χ0) is 21.0. The van der Waals surface area contributed by atoms with E-state index in [1.807, 2.05) is 13.8 Å². The van der Waals surface area contributed by atoms with Crippen LogP contribution in [0.3, 0.4) is 0 Å². The molecule has 29 heavy (non-hydrogen) atoms. The molecule has 7 heteroatoms. The summed E-state index contributed by atoms with van der Waals surface area (Å²) in [4.78, 5) is 33.1. The predicted octanol–water partition coefficient (Wildman–Crippen LogP) is 2.98. The number of nitrogens with zero attached hydrogens (tertiary/aromatic N) is 3. The molecule has 1 aliphatic heterocycles. The van der Waals surface area contributed by atoms with E-state index in [1.54, 1.807) is 18.2 Å². The number of pyridine rings is 1. The molecule has 0 bridgehead atoms. The van der Waals surface area contributed by atoms with Gasteiger partial charge in [-0.1, -0.05) is 26.0 Å². The molecule has 0 saturated carbocycles. The summed E-state index contributed by atoms with van der Waals surface area (Å²) in [6.45, 7) is 6.52. The van der Waals surface area contributed by atoms with Crippen molar-refractivity contribution in [1.29, 1.82) is 0 Å². The number of rotatable bonds is 7. The molecule has 0 unspecified atom stereocenters. The summed E-state index contributed by atoms with van der Waals surface area (Å²) < 4.78 is 13.9. The lowest BCUT2D eigenvalue weighted by molar-refractivity contribution is -0.140. The fourth-order valence-corrected chi connectivity index (χ4v) is 3.59. The maximum Gasteiger partial charge on any atom is 0.295 e. The first-order chi connectivity index (χ1) is 14.0. The van der Waals surface area contributed by atoms with Crippen LogP contribution in [0.25, 0.3) is 5.76 Å². The topological polar surface area (TPSA) is 73.7 Å². The number of likely N-dealkylation sites (tertiary alicyclic amines) is 1. The summed E-state index contributed by atoms with van der Waals surface area (Å²) >= 11 is 0. The second-order valence-corrected chi connectivity index (χ2v) is 6.81. The Morgan fingerprint density at radius 1 is 1.17 bits per heavy atom. The lowest BCUT2D eigenvalue weighted by Gasteiger charge is -2.28. The fraction of sp³-hybridized carbons (Fsp3) is 0.318. The number of Topliss-reactive ketones (excluding diaryl/α,β-unsaturated/α-hetero) is 1. The third kappa shape index (κ3) is 4.19. The van der Waals surface area contributed by atoms with Crippen LogP contribution < -0.4 is 0 Å². The number of likely N-dealkylation sites (N-methyl/N-ethyl adjacent to an activating group) is 1. The molecule has 1 amide bonds. The molecule has 2 aromatic rings. The lowest BCUT2D eigenvalue weighted by atomic mass is 9.95. The van der Waals surface area contributed by atoms with Crippen LogP contribution in [0.4, 0.5) is 4.39 Å². The van der Waals surface area contributed by atoms with Gasteiger partial charge in [0.15, 0.2) is 0 Å². The van der Waals surface area contributed by atoms with Gasteiger partial charge in [-0.25, -0.2) is 4.39 Å². The second-order valence-electron chi connectivity index (χ2n) is 6.81. The Balaban J connectivity index is 2.09. The highest BCUT2D eigenvalue weighted by Crippen LogP contribution is 2.39. The Morgan fingerprint density at radius 3 is 2.48 bits per heavy atom. The zero-order valence-corrected chi connectivity index (χ0v) is 16.5. The van der Waals surface area contributed by atoms with Gasteiger partial charge in [-0.2, -0.15) is 0 Å². The maximum absolute atomic E-state index is 13.9. The number of hydrogen-bond acceptors (Lipinski definition) is 5. The van der Waals surface area contributed by atoms with Crippen molar-refractivity contribution in [2.24, 2.45) is 0 Å². The molecule has 152 valence electrons. The van der Waals surface area contributed by atoms with Crippen molar-refractivity contribution in [3.63, 3.8) is 0 Å². The van der Waals surface area contributed by atoms with Crippen LogP contribution in [0.1, 0.15) is 31.0 Å². The van der Waals surface area contributed by atoms with Crippen molar-refractivity contribution in [3.8, 4) is 0 Å². The number of benzene rings is 1. The van der Waals surface area contributed by atoms with E-state index in [1.165, 1.54) is 35.5 Å². The molecule has 0 radical (unpaired) electrons. The summed E-state index contributed by atoms with van der Waals surface area (Å²) in [6, 6.07) is 8.04. The van der Waals surface area contributed by atoms with Gasteiger partial charge in [-0.05, 0) is 42.9 Å². The van der Waals surface area contributed by atoms with Gasteiger partial charge >= 0.3 is 0 Å². The highest BCUT2D eigenvalue weighted by Gasteiger charge is 2.46. The van der Waals surface area contributed by atoms with Gasteiger partial charge in [0.2, 0.25) is 0 Å². The Labute approximate surface area is 169 Å². The normalized spacial score (nSPS) is 18.6. The van der Waals surface area contributed by atoms with Crippen molar-refractivity contribution < 1.29 is 19.1 Å². The van der Waals surface area contributed by atoms with Crippen molar-refractivity contribution in [2.45, 2.75) is 19.9 Å². The molecule has 1 N–H and O–H groups in total. The van der Waals surface area contributed by atoms with E-state index in [-0.39, 0.29) is 11.3 Å². The first-order valence-electron chi connectivity index (χ1n) is 9.64. The van der Waals surface area contributed by atoms with E-state index < -0.39 is 23.5 Å². The Hall–Kier alpha value is -3.06. The summed E-state index contributed by atoms with van der Waals surface area (Å²) in [6.07, 6.45) is 2.98. The first-order valence-corrected chi connectivity index (χ1v) is 9.64. The number of aliphatic hydroxyl groups excluding tert-OH is 1. The Kier molecular flexibility index (Phi) is 6.39. The SMILES string of the molecule is CCN(CC)CCN1C(=O)C(=O)/C(=C(/O)c2ccncc2)[C@H]1c1cccc(F)c1. The Morgan fingerprint density at radius 2 is 1.86 bits per heavy atom. The smallest absolute Gasteiger partial charge is 0.295 e. The van der Waals surface area contributed by atoms with Crippen LogP contribution in [-0.2, 0) is 9.59 Å². The average molecular weight is 397 g/mol. The minimum Gasteiger partial charge on any atom is -0.507 e. The number of carbonyl (C=O) groups is 2. The second kappa shape index (κ2) is 8.96. The molecule has 1 atom stereocenters. The highest BCUT2D eigenvalue weighted by molar-refractivity contribution is 6.46. The molecule has 1 fully saturated rings. The van der Waals surface area contributed by atoms with Gasteiger partial charge in [0.1, 0.15) is 11.6 Å². The minimum atomic E-state index is -0.852. The minimum absolute atomic E-state index is 0.0358. The van der Waals surface area contributed by atoms with Crippen molar-refractivity contribution >= 4 is 17.4 Å². The van der Waals surface area contributed by atoms with E-state index in [9.17, 15) is 19.1 Å². The third-order valence-electron chi connectivity index (χ3n) is 5.21. The molecule has 1 aromatic carbocycles. The van der Waals surface area contributed by atoms with Crippen LogP contribution in [0.15, 0.2) is 54.4 Å². The van der Waals surface area contributed by atoms with Crippen LogP contribution in [-0.4, -0.2) is 57.8 Å². The van der Waals surface area contributed by atoms with Crippen LogP contribution in [0.2, 0.25) is 0 Å². The number of carbonyl (C=O) groups excluding carboxylic acids is 2. The van der Waals surface area contributed by atoms with E-state index in [4.69, 9.17) is 0 Å². The molecule has 0 aliphatic carbocycles. The monoisotopic (exact) mass is 397 g/mol. The summed E-state index contributed by atoms with van der Waals surface area (Å²) in [5.41, 5.74) is 0.786. The van der Waals surface area contributed by atoms with Crippen molar-refractivity contribution in [3.05, 3.63) is 71.3 Å². The Bertz CT molecular complexity index is 926. The summed E-state index contributed by atoms with van der Waals surface area (Å²) in [7, 11) is 0. The average Bonchev–Trinajstić information content (AvgIpc) is 2.99. The molecule has 1 saturated heterocycles. The molecule has 3 rings (SSSR count). The highest BCUT2D eigenvalue weighted by atomic mass is 19.1. The molecule has 6 nitrogen and oxygen atoms in total. The first kappa shape index (κ1) is 20.7. The van der Waals surface area contributed by atoms with Crippen molar-refractivity contribution in [1.82, 2.24) is 14.8 Å². The number of halogens is 1. The quantitative estimate of drug-likeness (QED) is 0.442. The van der Waals surface area contributed by atoms with Crippen molar-refractivity contribution in [2.75, 3.05) is 26.2 Å². The predicted molar refractivity (Wildman–Crippen MR) is 107 cm³/mol. The third-order valence-corrected chi connectivity index (χ3v) is 5.21. The number of hydrogen-bond donors (Lipinski definition) is 1. The zero-order valence-electron chi connectivity index (χ0n) is 16.5. The van der Waals surface area contributed by atoms with Crippen LogP contribution >= 0.6 is 0 Å². The van der Waals surface area contributed by atoms with E-state index >= 15 is 0 Å². The summed E-state index contributed by atoms with van der Waals surface area (Å²) in [5.74, 6) is -2.22. The van der Waals surface area contributed by atoms with Gasteiger partial charge in [-0.3, -0.25) is 14.6 Å². The van der Waals surface area contributed by atoms with Gasteiger partial charge in [0.05, 0.1) is 11.6 Å². The van der Waals surface area contributed by atoms with Crippen LogP contribution in [0.5, 0.6) is 0 Å². The lowest BCUT2D eigenvalue weighted by Crippen LogP contribution is -2.38. The summed E-state index contributed by atoms with van der Waals surface area (Å²) in [5, 5.41) is 10.8. The molecule has 0 spiro atoms. The number of aromatic nitrogens is 1. The van der Waals surface area contributed by atoms with Gasteiger partial charge < -0.3 is 14.9 Å². The molecule has 1 aromatic heterocycles. The standard InChI is InChI=1S/C22H24FN3O3/c1-3-25(4-2)12-13-26-19(16-6-5-7-17(23)14-16)18(21(28)22(26)29)20(27)15-8-10-24-11-9-15/h5-11,14,19,27H,3-4,12-13H2,1-2H3/b20-18+/t19-/m1/s1. The van der Waals surface area contributed by atoms with E-state index in [0.717, 1.165) is 13.1 Å². The molecular weight excluding hydrogens is 373 g/mol. The number of ketones is 1. The van der Waals surface area contributed by atoms with Crippen LogP contribution in [0, 0.1) is 5.82 Å². The van der Waals surface area contributed by atoms with Gasteiger partial charge in [0, 0.05) is 31.0 Å². The fourth-order valence-electron chi connectivity index (χ4n) is 3.59. The van der Waals surface area contributed by atoms with E-state index in [0.29, 0.717) is 24.2 Å². The molecular formula is C22H24FN3O3. The van der Waals surface area contributed by atoms with Gasteiger partial charge in [0.25, 0.3) is 11.7 Å². The van der Waals surface area contributed by atoms with E-state index in [2.05, 4.69) is 9.88 Å². The maximum atomic E-state index is 13.9. The number of amides is 1. The van der Waals surface area contributed by atoms with Gasteiger partial charge in [-0.15, -0.1) is 0 Å².